The summed E-state index contributed by atoms with van der Waals surface area (Å²) >= 11 is 0. The average Bonchev–Trinajstić information content (AvgIpc) is 3.15. The first-order valence-electron chi connectivity index (χ1n) is 9.63. The summed E-state index contributed by atoms with van der Waals surface area (Å²) in [5.41, 5.74) is 4.48. The zero-order valence-electron chi connectivity index (χ0n) is 16.5. The first-order valence-corrected chi connectivity index (χ1v) is 9.63. The third-order valence-electron chi connectivity index (χ3n) is 5.00. The smallest absolute Gasteiger partial charge is 0.335 e. The number of hydrogen-bond donors (Lipinski definition) is 1. The van der Waals surface area contributed by atoms with Crippen LogP contribution in [-0.2, 0) is 11.3 Å². The third-order valence-corrected chi connectivity index (χ3v) is 5.00. The van der Waals surface area contributed by atoms with Gasteiger partial charge in [0.05, 0.1) is 12.1 Å². The molecule has 0 radical (unpaired) electrons. The van der Waals surface area contributed by atoms with E-state index < -0.39 is 5.97 Å². The van der Waals surface area contributed by atoms with E-state index in [4.69, 9.17) is 9.84 Å². The highest BCUT2D eigenvalue weighted by atomic mass is 16.5. The maximum atomic E-state index is 12.4. The van der Waals surface area contributed by atoms with Crippen molar-refractivity contribution in [1.82, 2.24) is 4.57 Å². The number of Topliss-reactive ketones (excluding diaryl/α,β-unsaturated/α-hetero) is 1. The summed E-state index contributed by atoms with van der Waals surface area (Å²) in [6.07, 6.45) is 1.78. The Morgan fingerprint density at radius 3 is 2.23 bits per heavy atom. The van der Waals surface area contributed by atoms with E-state index in [1.807, 2.05) is 24.3 Å². The zero-order valence-corrected chi connectivity index (χ0v) is 16.5. The molecule has 4 rings (SSSR count). The lowest BCUT2D eigenvalue weighted by molar-refractivity contribution is -0.121. The Bertz CT molecular complexity index is 1200. The van der Waals surface area contributed by atoms with E-state index in [2.05, 4.69) is 31.2 Å². The number of ketones is 1. The van der Waals surface area contributed by atoms with Crippen LogP contribution in [0.1, 0.15) is 15.9 Å². The van der Waals surface area contributed by atoms with Crippen molar-refractivity contribution >= 4 is 22.7 Å². The van der Waals surface area contributed by atoms with Gasteiger partial charge in [0.1, 0.15) is 12.4 Å². The fourth-order valence-electron chi connectivity index (χ4n) is 3.36. The molecule has 3 aromatic carbocycles. The number of aromatic carboxylic acids is 1. The van der Waals surface area contributed by atoms with Crippen LogP contribution < -0.4 is 4.74 Å². The van der Waals surface area contributed by atoms with Gasteiger partial charge in [0, 0.05) is 17.1 Å². The summed E-state index contributed by atoms with van der Waals surface area (Å²) in [5.74, 6) is -0.400. The summed E-state index contributed by atoms with van der Waals surface area (Å²) < 4.78 is 7.45. The molecule has 0 fully saturated rings. The first kappa shape index (κ1) is 19.5. The molecule has 1 N–H and O–H groups in total. The minimum Gasteiger partial charge on any atom is -0.486 e. The summed E-state index contributed by atoms with van der Waals surface area (Å²) in [5, 5.41) is 9.88. The summed E-state index contributed by atoms with van der Waals surface area (Å²) in [6.45, 7) is 2.19. The average molecular weight is 399 g/mol. The van der Waals surface area contributed by atoms with Gasteiger partial charge < -0.3 is 14.4 Å². The first-order chi connectivity index (χ1) is 14.5. The summed E-state index contributed by atoms with van der Waals surface area (Å²) in [7, 11) is 0. The zero-order chi connectivity index (χ0) is 21.1. The lowest BCUT2D eigenvalue weighted by Gasteiger charge is -2.09. The van der Waals surface area contributed by atoms with Gasteiger partial charge in [-0.1, -0.05) is 42.0 Å². The second-order valence-electron chi connectivity index (χ2n) is 7.24. The van der Waals surface area contributed by atoms with Crippen molar-refractivity contribution in [3.05, 3.63) is 90.1 Å². The Morgan fingerprint density at radius 2 is 1.57 bits per heavy atom. The van der Waals surface area contributed by atoms with Crippen LogP contribution in [0.5, 0.6) is 5.75 Å². The van der Waals surface area contributed by atoms with Gasteiger partial charge >= 0.3 is 5.97 Å². The van der Waals surface area contributed by atoms with Crippen molar-refractivity contribution in [1.29, 1.82) is 0 Å². The largest absolute Gasteiger partial charge is 0.486 e. The Hall–Kier alpha value is -3.86. The number of fused-ring (bicyclic) bond motifs is 1. The van der Waals surface area contributed by atoms with Crippen molar-refractivity contribution in [2.45, 2.75) is 13.5 Å². The molecule has 0 aliphatic carbocycles. The van der Waals surface area contributed by atoms with Crippen LogP contribution in [0.15, 0.2) is 79.0 Å². The van der Waals surface area contributed by atoms with E-state index in [1.54, 1.807) is 29.0 Å². The minimum atomic E-state index is -0.970. The number of benzene rings is 3. The SMILES string of the molecule is Cc1ccc(-c2ccc(OCC(=O)Cn3ccc4cc(C(=O)O)ccc43)cc2)cc1. The number of carbonyl (C=O) groups excluding carboxylic acids is 1. The summed E-state index contributed by atoms with van der Waals surface area (Å²) in [6, 6.07) is 22.7. The second kappa shape index (κ2) is 8.25. The predicted octanol–water partition coefficient (Wildman–Crippen LogP) is 4.96. The molecule has 30 heavy (non-hydrogen) atoms. The van der Waals surface area contributed by atoms with Crippen LogP contribution in [-0.4, -0.2) is 28.0 Å². The van der Waals surface area contributed by atoms with Crippen molar-refractivity contribution in [2.75, 3.05) is 6.61 Å². The molecule has 5 heteroatoms. The number of nitrogens with zero attached hydrogens (tertiary/aromatic N) is 1. The van der Waals surface area contributed by atoms with Crippen LogP contribution in [0, 0.1) is 6.92 Å². The normalized spacial score (nSPS) is 10.8. The molecule has 5 nitrogen and oxygen atoms in total. The van der Waals surface area contributed by atoms with Gasteiger partial charge in [-0.2, -0.15) is 0 Å². The second-order valence-corrected chi connectivity index (χ2v) is 7.24. The number of aromatic nitrogens is 1. The monoisotopic (exact) mass is 399 g/mol. The number of aryl methyl sites for hydroxylation is 1. The fourth-order valence-corrected chi connectivity index (χ4v) is 3.36. The minimum absolute atomic E-state index is 0.0310. The maximum absolute atomic E-state index is 12.4. The fraction of sp³-hybridized carbons (Fsp3) is 0.120. The molecule has 0 spiro atoms. The van der Waals surface area contributed by atoms with Crippen LogP contribution in [0.4, 0.5) is 0 Å². The lowest BCUT2D eigenvalue weighted by atomic mass is 10.0. The van der Waals surface area contributed by atoms with Gasteiger partial charge in [0.25, 0.3) is 0 Å². The number of carboxylic acids is 1. The molecule has 0 aliphatic rings. The van der Waals surface area contributed by atoms with Gasteiger partial charge in [-0.15, -0.1) is 0 Å². The quantitative estimate of drug-likeness (QED) is 0.477. The van der Waals surface area contributed by atoms with Crippen LogP contribution in [0.25, 0.3) is 22.0 Å². The molecule has 1 aromatic heterocycles. The van der Waals surface area contributed by atoms with E-state index in [-0.39, 0.29) is 24.5 Å². The highest BCUT2D eigenvalue weighted by Crippen LogP contribution is 2.23. The molecule has 0 atom stereocenters. The standard InChI is InChI=1S/C25H21NO4/c1-17-2-4-18(5-3-17)19-6-9-23(10-7-19)30-16-22(27)15-26-13-12-20-14-21(25(28)29)8-11-24(20)26/h2-14H,15-16H2,1H3,(H,28,29). The van der Waals surface area contributed by atoms with E-state index in [9.17, 15) is 9.59 Å². The Labute approximate surface area is 174 Å². The van der Waals surface area contributed by atoms with Crippen molar-refractivity contribution < 1.29 is 19.4 Å². The van der Waals surface area contributed by atoms with E-state index in [0.29, 0.717) is 5.75 Å². The van der Waals surface area contributed by atoms with Crippen LogP contribution in [0.2, 0.25) is 0 Å². The maximum Gasteiger partial charge on any atom is 0.335 e. The van der Waals surface area contributed by atoms with Gasteiger partial charge in [-0.25, -0.2) is 4.79 Å². The van der Waals surface area contributed by atoms with E-state index in [1.165, 1.54) is 11.6 Å². The molecule has 0 amide bonds. The van der Waals surface area contributed by atoms with E-state index in [0.717, 1.165) is 22.0 Å². The molecule has 0 bridgehead atoms. The number of carboxylic acid groups (broad SMARTS) is 1. The van der Waals surface area contributed by atoms with Gasteiger partial charge in [0.15, 0.2) is 5.78 Å². The number of rotatable bonds is 7. The van der Waals surface area contributed by atoms with E-state index >= 15 is 0 Å². The predicted molar refractivity (Wildman–Crippen MR) is 116 cm³/mol. The summed E-state index contributed by atoms with van der Waals surface area (Å²) in [4.78, 5) is 23.5. The molecular formula is C25H21NO4. The molecule has 1 heterocycles. The van der Waals surface area contributed by atoms with Gasteiger partial charge in [-0.05, 0) is 54.4 Å². The molecule has 4 aromatic rings. The topological polar surface area (TPSA) is 68.5 Å². The number of ether oxygens (including phenoxy) is 1. The molecule has 0 unspecified atom stereocenters. The van der Waals surface area contributed by atoms with Crippen LogP contribution in [0.3, 0.4) is 0 Å². The Balaban J connectivity index is 1.37. The molecular weight excluding hydrogens is 378 g/mol. The Kier molecular flexibility index (Phi) is 5.35. The highest BCUT2D eigenvalue weighted by molar-refractivity contribution is 5.94. The molecule has 0 aliphatic heterocycles. The Morgan fingerprint density at radius 1 is 0.900 bits per heavy atom. The molecule has 150 valence electrons. The third kappa shape index (κ3) is 4.25. The van der Waals surface area contributed by atoms with Crippen molar-refractivity contribution in [3.8, 4) is 16.9 Å². The number of carbonyl (C=O) groups is 2. The highest BCUT2D eigenvalue weighted by Gasteiger charge is 2.10. The van der Waals surface area contributed by atoms with Crippen molar-refractivity contribution in [2.24, 2.45) is 0 Å². The lowest BCUT2D eigenvalue weighted by Crippen LogP contribution is -2.17. The van der Waals surface area contributed by atoms with Crippen molar-refractivity contribution in [3.63, 3.8) is 0 Å². The van der Waals surface area contributed by atoms with Gasteiger partial charge in [0.2, 0.25) is 0 Å². The van der Waals surface area contributed by atoms with Gasteiger partial charge in [-0.3, -0.25) is 4.79 Å². The molecule has 0 saturated heterocycles. The van der Waals surface area contributed by atoms with Crippen LogP contribution >= 0.6 is 0 Å². The number of hydrogen-bond acceptors (Lipinski definition) is 3. The molecule has 0 saturated carbocycles.